The maximum atomic E-state index is 11.3. The molecular formula is C12H19NO4. The molecule has 1 aromatic heterocycles. The number of hydrogen-bond donors (Lipinski definition) is 1. The third kappa shape index (κ3) is 4.20. The zero-order valence-corrected chi connectivity index (χ0v) is 10.9. The minimum absolute atomic E-state index is 0.271. The summed E-state index contributed by atoms with van der Waals surface area (Å²) in [5.41, 5.74) is 2.97. The van der Waals surface area contributed by atoms with Crippen LogP contribution in [0.15, 0.2) is 10.5 Å². The van der Waals surface area contributed by atoms with Crippen molar-refractivity contribution >= 4 is 5.97 Å². The van der Waals surface area contributed by atoms with Gasteiger partial charge in [-0.2, -0.15) is 5.48 Å². The molecule has 0 atom stereocenters. The van der Waals surface area contributed by atoms with E-state index >= 15 is 0 Å². The third-order valence-corrected chi connectivity index (χ3v) is 2.00. The summed E-state index contributed by atoms with van der Waals surface area (Å²) >= 11 is 0. The SMILES string of the molecule is COC(=O)c1cc(CNOC(C)(C)C)oc1C. The molecule has 0 amide bonds. The molecule has 5 heteroatoms. The first-order chi connectivity index (χ1) is 7.83. The van der Waals surface area contributed by atoms with Crippen molar-refractivity contribution in [3.63, 3.8) is 0 Å². The van der Waals surface area contributed by atoms with Gasteiger partial charge in [-0.25, -0.2) is 4.79 Å². The zero-order valence-electron chi connectivity index (χ0n) is 10.9. The highest BCUT2D eigenvalue weighted by molar-refractivity contribution is 5.90. The molecule has 0 unspecified atom stereocenters. The smallest absolute Gasteiger partial charge is 0.341 e. The Hall–Kier alpha value is -1.33. The Morgan fingerprint density at radius 2 is 2.12 bits per heavy atom. The summed E-state index contributed by atoms with van der Waals surface area (Å²) in [5.74, 6) is 0.783. The van der Waals surface area contributed by atoms with E-state index in [1.54, 1.807) is 13.0 Å². The van der Waals surface area contributed by atoms with E-state index in [1.807, 2.05) is 20.8 Å². The first-order valence-electron chi connectivity index (χ1n) is 5.42. The lowest BCUT2D eigenvalue weighted by Crippen LogP contribution is -2.28. The van der Waals surface area contributed by atoms with E-state index < -0.39 is 5.97 Å². The number of esters is 1. The lowest BCUT2D eigenvalue weighted by atomic mass is 10.2. The summed E-state index contributed by atoms with van der Waals surface area (Å²) in [6, 6.07) is 1.65. The number of methoxy groups -OCH3 is 1. The summed E-state index contributed by atoms with van der Waals surface area (Å²) in [5, 5.41) is 0. The van der Waals surface area contributed by atoms with Crippen LogP contribution < -0.4 is 5.48 Å². The van der Waals surface area contributed by atoms with Gasteiger partial charge in [0.25, 0.3) is 0 Å². The van der Waals surface area contributed by atoms with Crippen molar-refractivity contribution in [1.82, 2.24) is 5.48 Å². The topological polar surface area (TPSA) is 60.7 Å². The van der Waals surface area contributed by atoms with Crippen molar-refractivity contribution < 1.29 is 18.8 Å². The standard InChI is InChI=1S/C12H19NO4/c1-8-10(11(14)15-5)6-9(16-8)7-13-17-12(2,3)4/h6,13H,7H2,1-5H3. The minimum atomic E-state index is -0.394. The van der Waals surface area contributed by atoms with Crippen molar-refractivity contribution in [3.05, 3.63) is 23.2 Å². The Labute approximate surface area is 101 Å². The third-order valence-electron chi connectivity index (χ3n) is 2.00. The fraction of sp³-hybridized carbons (Fsp3) is 0.583. The van der Waals surface area contributed by atoms with Gasteiger partial charge in [0, 0.05) is 0 Å². The summed E-state index contributed by atoms with van der Waals surface area (Å²) in [7, 11) is 1.34. The molecule has 1 rings (SSSR count). The summed E-state index contributed by atoms with van der Waals surface area (Å²) < 4.78 is 10.0. The van der Waals surface area contributed by atoms with E-state index in [-0.39, 0.29) is 5.60 Å². The predicted molar refractivity (Wildman–Crippen MR) is 62.5 cm³/mol. The molecule has 0 spiro atoms. The van der Waals surface area contributed by atoms with Gasteiger partial charge in [-0.05, 0) is 33.8 Å². The molecule has 0 aromatic carbocycles. The quantitative estimate of drug-likeness (QED) is 0.646. The number of nitrogens with one attached hydrogen (secondary N) is 1. The maximum absolute atomic E-state index is 11.3. The van der Waals surface area contributed by atoms with E-state index in [4.69, 9.17) is 9.25 Å². The molecule has 17 heavy (non-hydrogen) atoms. The van der Waals surface area contributed by atoms with Gasteiger partial charge < -0.3 is 9.15 Å². The van der Waals surface area contributed by atoms with Crippen molar-refractivity contribution in [2.45, 2.75) is 39.8 Å². The molecule has 1 N–H and O–H groups in total. The molecule has 0 aliphatic carbocycles. The molecule has 5 nitrogen and oxygen atoms in total. The Morgan fingerprint density at radius 3 is 2.65 bits per heavy atom. The Kier molecular flexibility index (Phi) is 4.31. The van der Waals surface area contributed by atoms with Gasteiger partial charge in [0.05, 0.1) is 19.3 Å². The van der Waals surface area contributed by atoms with Crippen molar-refractivity contribution in [2.75, 3.05) is 7.11 Å². The minimum Gasteiger partial charge on any atom is -0.465 e. The Balaban J connectivity index is 2.59. The number of rotatable bonds is 4. The van der Waals surface area contributed by atoms with Crippen LogP contribution in [0.25, 0.3) is 0 Å². The van der Waals surface area contributed by atoms with Crippen molar-refractivity contribution in [2.24, 2.45) is 0 Å². The van der Waals surface area contributed by atoms with Crippen LogP contribution in [-0.2, 0) is 16.1 Å². The highest BCUT2D eigenvalue weighted by Crippen LogP contribution is 2.15. The van der Waals surface area contributed by atoms with Crippen LogP contribution in [0.2, 0.25) is 0 Å². The van der Waals surface area contributed by atoms with E-state index in [0.717, 1.165) is 0 Å². The van der Waals surface area contributed by atoms with Gasteiger partial charge in [-0.1, -0.05) is 0 Å². The molecule has 0 fully saturated rings. The zero-order chi connectivity index (χ0) is 13.1. The first kappa shape index (κ1) is 13.7. The molecule has 1 heterocycles. The number of carbonyl (C=O) groups excluding carboxylic acids is 1. The van der Waals surface area contributed by atoms with Crippen LogP contribution in [-0.4, -0.2) is 18.7 Å². The van der Waals surface area contributed by atoms with Crippen molar-refractivity contribution in [1.29, 1.82) is 0 Å². The normalized spacial score (nSPS) is 11.6. The molecule has 0 saturated heterocycles. The molecule has 96 valence electrons. The highest BCUT2D eigenvalue weighted by atomic mass is 16.7. The summed E-state index contributed by atoms with van der Waals surface area (Å²) in [6.07, 6.45) is 0. The van der Waals surface area contributed by atoms with Gasteiger partial charge in [-0.15, -0.1) is 0 Å². The van der Waals surface area contributed by atoms with Gasteiger partial charge in [-0.3, -0.25) is 4.84 Å². The molecule has 0 saturated carbocycles. The number of hydrogen-bond acceptors (Lipinski definition) is 5. The largest absolute Gasteiger partial charge is 0.465 e. The van der Waals surface area contributed by atoms with E-state index in [1.165, 1.54) is 7.11 Å². The second-order valence-corrected chi connectivity index (χ2v) is 4.71. The number of hydroxylamine groups is 1. The van der Waals surface area contributed by atoms with Crippen LogP contribution in [0.4, 0.5) is 0 Å². The second kappa shape index (κ2) is 5.33. The molecule has 1 aromatic rings. The second-order valence-electron chi connectivity index (χ2n) is 4.71. The number of aryl methyl sites for hydroxylation is 1. The number of ether oxygens (including phenoxy) is 1. The van der Waals surface area contributed by atoms with Crippen LogP contribution in [0.1, 0.15) is 42.6 Å². The molecule has 0 bridgehead atoms. The van der Waals surface area contributed by atoms with Crippen LogP contribution >= 0.6 is 0 Å². The van der Waals surface area contributed by atoms with Gasteiger partial charge in [0.1, 0.15) is 17.1 Å². The number of furan rings is 1. The van der Waals surface area contributed by atoms with Crippen LogP contribution in [0, 0.1) is 6.92 Å². The molecule has 0 radical (unpaired) electrons. The summed E-state index contributed by atoms with van der Waals surface area (Å²) in [6.45, 7) is 7.93. The molecule has 0 aliphatic rings. The van der Waals surface area contributed by atoms with Crippen LogP contribution in [0.3, 0.4) is 0 Å². The lowest BCUT2D eigenvalue weighted by Gasteiger charge is -2.18. The van der Waals surface area contributed by atoms with E-state index in [0.29, 0.717) is 23.6 Å². The molecular weight excluding hydrogens is 222 g/mol. The summed E-state index contributed by atoms with van der Waals surface area (Å²) in [4.78, 5) is 16.7. The van der Waals surface area contributed by atoms with Gasteiger partial charge in [0.2, 0.25) is 0 Å². The fourth-order valence-corrected chi connectivity index (χ4v) is 1.27. The highest BCUT2D eigenvalue weighted by Gasteiger charge is 2.16. The van der Waals surface area contributed by atoms with Crippen LogP contribution in [0.5, 0.6) is 0 Å². The Bertz CT molecular complexity index is 390. The van der Waals surface area contributed by atoms with Gasteiger partial charge in [0.15, 0.2) is 0 Å². The lowest BCUT2D eigenvalue weighted by molar-refractivity contribution is -0.0775. The maximum Gasteiger partial charge on any atom is 0.341 e. The fourth-order valence-electron chi connectivity index (χ4n) is 1.27. The van der Waals surface area contributed by atoms with Crippen molar-refractivity contribution in [3.8, 4) is 0 Å². The van der Waals surface area contributed by atoms with E-state index in [9.17, 15) is 4.79 Å². The average molecular weight is 241 g/mol. The first-order valence-corrected chi connectivity index (χ1v) is 5.42. The molecule has 0 aliphatic heterocycles. The Morgan fingerprint density at radius 1 is 1.47 bits per heavy atom. The average Bonchev–Trinajstić information content (AvgIpc) is 2.57. The predicted octanol–water partition coefficient (Wildman–Crippen LogP) is 2.19. The van der Waals surface area contributed by atoms with Gasteiger partial charge >= 0.3 is 5.97 Å². The monoisotopic (exact) mass is 241 g/mol. The van der Waals surface area contributed by atoms with E-state index in [2.05, 4.69) is 10.2 Å². The number of carbonyl (C=O) groups is 1.